The molecule has 2 unspecified atom stereocenters. The number of carbonyl (C=O) groups is 3. The van der Waals surface area contributed by atoms with Crippen LogP contribution in [0, 0.1) is 11.3 Å². The molecule has 2 fully saturated rings. The van der Waals surface area contributed by atoms with Gasteiger partial charge in [-0.25, -0.2) is 9.78 Å². The van der Waals surface area contributed by atoms with E-state index in [2.05, 4.69) is 42.2 Å². The van der Waals surface area contributed by atoms with Gasteiger partial charge in [-0.2, -0.15) is 0 Å². The Balaban J connectivity index is 1.52. The summed E-state index contributed by atoms with van der Waals surface area (Å²) < 4.78 is 0.640. The summed E-state index contributed by atoms with van der Waals surface area (Å²) in [5.41, 5.74) is -0.160. The molecule has 5 N–H and O–H groups in total. The first-order valence-electron chi connectivity index (χ1n) is 9.17. The summed E-state index contributed by atoms with van der Waals surface area (Å²) in [5.74, 6) is -0.190. The number of anilines is 1. The zero-order valence-corrected chi connectivity index (χ0v) is 17.2. The lowest BCUT2D eigenvalue weighted by atomic mass is 9.98. The second kappa shape index (κ2) is 8.04. The first-order chi connectivity index (χ1) is 13.2. The number of fused-ring (bicyclic) bond motifs is 1. The van der Waals surface area contributed by atoms with Gasteiger partial charge in [0.15, 0.2) is 0 Å². The molecule has 10 heteroatoms. The zero-order chi connectivity index (χ0) is 20.5. The zero-order valence-electron chi connectivity index (χ0n) is 15.7. The van der Waals surface area contributed by atoms with E-state index in [4.69, 9.17) is 5.11 Å². The molecule has 2 heterocycles. The van der Waals surface area contributed by atoms with Crippen LogP contribution in [0.3, 0.4) is 0 Å². The number of nitrogens with one attached hydrogen (secondary N) is 4. The SMILES string of the molecule is CC(C)[C@H](NC(=O)O)C(=O)NCC12CC1N[C@H](C(=O)Nc1cccc(Br)n1)C2. The van der Waals surface area contributed by atoms with Crippen LogP contribution in [0.15, 0.2) is 22.8 Å². The van der Waals surface area contributed by atoms with Gasteiger partial charge in [0.1, 0.15) is 16.5 Å². The molecule has 1 saturated heterocycles. The minimum absolute atomic E-state index is 0.156. The van der Waals surface area contributed by atoms with E-state index in [0.717, 1.165) is 6.42 Å². The van der Waals surface area contributed by atoms with Gasteiger partial charge >= 0.3 is 6.09 Å². The first-order valence-corrected chi connectivity index (χ1v) is 9.96. The Bertz CT molecular complexity index is 789. The van der Waals surface area contributed by atoms with Crippen molar-refractivity contribution in [3.8, 4) is 0 Å². The Labute approximate surface area is 171 Å². The predicted octanol–water partition coefficient (Wildman–Crippen LogP) is 1.31. The van der Waals surface area contributed by atoms with Crippen molar-refractivity contribution in [2.75, 3.05) is 11.9 Å². The molecule has 1 aromatic rings. The molecule has 1 aliphatic heterocycles. The molecule has 152 valence electrons. The average molecular weight is 454 g/mol. The number of nitrogens with zero attached hydrogens (tertiary/aromatic N) is 1. The van der Waals surface area contributed by atoms with Gasteiger partial charge in [-0.05, 0) is 46.8 Å². The number of rotatable bonds is 7. The Morgan fingerprint density at radius 1 is 1.36 bits per heavy atom. The monoisotopic (exact) mass is 453 g/mol. The molecule has 4 atom stereocenters. The van der Waals surface area contributed by atoms with Crippen LogP contribution in [0.4, 0.5) is 10.6 Å². The lowest BCUT2D eigenvalue weighted by Gasteiger charge is -2.22. The molecular formula is C18H24BrN5O4. The molecule has 3 rings (SSSR count). The second-order valence-corrected chi connectivity index (χ2v) is 8.58. The van der Waals surface area contributed by atoms with Crippen molar-refractivity contribution in [2.45, 2.75) is 44.8 Å². The molecule has 1 aliphatic carbocycles. The molecule has 0 aromatic carbocycles. The Hall–Kier alpha value is -2.20. The molecule has 3 amide bonds. The van der Waals surface area contributed by atoms with Crippen LogP contribution in [0.2, 0.25) is 0 Å². The van der Waals surface area contributed by atoms with Crippen LogP contribution in [-0.2, 0) is 9.59 Å². The van der Waals surface area contributed by atoms with E-state index >= 15 is 0 Å². The number of pyridine rings is 1. The van der Waals surface area contributed by atoms with Gasteiger partial charge in [0, 0.05) is 18.0 Å². The Morgan fingerprint density at radius 2 is 2.11 bits per heavy atom. The van der Waals surface area contributed by atoms with Gasteiger partial charge in [0.25, 0.3) is 0 Å². The highest BCUT2D eigenvalue weighted by molar-refractivity contribution is 9.10. The lowest BCUT2D eigenvalue weighted by molar-refractivity contribution is -0.124. The Morgan fingerprint density at radius 3 is 2.75 bits per heavy atom. The highest BCUT2D eigenvalue weighted by Crippen LogP contribution is 2.54. The van der Waals surface area contributed by atoms with Gasteiger partial charge in [-0.3, -0.25) is 9.59 Å². The second-order valence-electron chi connectivity index (χ2n) is 7.77. The van der Waals surface area contributed by atoms with Crippen molar-refractivity contribution in [1.82, 2.24) is 20.9 Å². The van der Waals surface area contributed by atoms with E-state index in [1.54, 1.807) is 32.0 Å². The van der Waals surface area contributed by atoms with Crippen molar-refractivity contribution in [3.05, 3.63) is 22.8 Å². The van der Waals surface area contributed by atoms with E-state index in [-0.39, 0.29) is 35.2 Å². The number of piperidine rings is 1. The molecular weight excluding hydrogens is 430 g/mol. The van der Waals surface area contributed by atoms with Crippen LogP contribution in [0.25, 0.3) is 0 Å². The van der Waals surface area contributed by atoms with Crippen molar-refractivity contribution in [2.24, 2.45) is 11.3 Å². The summed E-state index contributed by atoms with van der Waals surface area (Å²) in [7, 11) is 0. The van der Waals surface area contributed by atoms with Gasteiger partial charge in [-0.15, -0.1) is 0 Å². The van der Waals surface area contributed by atoms with Crippen LogP contribution in [0.1, 0.15) is 26.7 Å². The summed E-state index contributed by atoms with van der Waals surface area (Å²) in [6.07, 6.45) is 0.262. The van der Waals surface area contributed by atoms with Crippen LogP contribution < -0.4 is 21.3 Å². The Kier molecular flexibility index (Phi) is 5.90. The minimum atomic E-state index is -1.23. The number of carboxylic acid groups (broad SMARTS) is 1. The third kappa shape index (κ3) is 4.61. The van der Waals surface area contributed by atoms with Gasteiger partial charge in [0.2, 0.25) is 11.8 Å². The van der Waals surface area contributed by atoms with Gasteiger partial charge in [-0.1, -0.05) is 19.9 Å². The lowest BCUT2D eigenvalue weighted by Crippen LogP contribution is -2.50. The number of halogens is 1. The molecule has 2 aliphatic rings. The van der Waals surface area contributed by atoms with Gasteiger partial charge in [0.05, 0.1) is 6.04 Å². The van der Waals surface area contributed by atoms with E-state index in [1.807, 2.05) is 0 Å². The van der Waals surface area contributed by atoms with Crippen LogP contribution in [0.5, 0.6) is 0 Å². The van der Waals surface area contributed by atoms with Crippen molar-refractivity contribution < 1.29 is 19.5 Å². The largest absolute Gasteiger partial charge is 0.465 e. The quantitative estimate of drug-likeness (QED) is 0.395. The smallest absolute Gasteiger partial charge is 0.405 e. The fourth-order valence-electron chi connectivity index (χ4n) is 3.69. The van der Waals surface area contributed by atoms with E-state index in [1.165, 1.54) is 0 Å². The molecule has 0 radical (unpaired) electrons. The summed E-state index contributed by atoms with van der Waals surface area (Å²) in [6, 6.07) is 4.30. The van der Waals surface area contributed by atoms with Gasteiger partial charge < -0.3 is 26.4 Å². The summed E-state index contributed by atoms with van der Waals surface area (Å²) in [4.78, 5) is 40.0. The molecule has 1 aromatic heterocycles. The number of hydrogen-bond donors (Lipinski definition) is 5. The normalized spacial score (nSPS) is 26.3. The van der Waals surface area contributed by atoms with E-state index in [9.17, 15) is 14.4 Å². The summed E-state index contributed by atoms with van der Waals surface area (Å²) >= 11 is 3.27. The maximum Gasteiger partial charge on any atom is 0.405 e. The number of amides is 3. The minimum Gasteiger partial charge on any atom is -0.465 e. The van der Waals surface area contributed by atoms with Crippen LogP contribution >= 0.6 is 15.9 Å². The topological polar surface area (TPSA) is 132 Å². The highest BCUT2D eigenvalue weighted by atomic mass is 79.9. The van der Waals surface area contributed by atoms with Crippen LogP contribution in [-0.4, -0.2) is 52.7 Å². The highest BCUT2D eigenvalue weighted by Gasteiger charge is 2.61. The predicted molar refractivity (Wildman–Crippen MR) is 106 cm³/mol. The molecule has 0 bridgehead atoms. The number of aromatic nitrogens is 1. The molecule has 0 spiro atoms. The maximum atomic E-state index is 12.5. The third-order valence-electron chi connectivity index (χ3n) is 5.33. The number of hydrogen-bond acceptors (Lipinski definition) is 5. The fourth-order valence-corrected chi connectivity index (χ4v) is 4.03. The summed E-state index contributed by atoms with van der Waals surface area (Å²) in [6.45, 7) is 3.98. The third-order valence-corrected chi connectivity index (χ3v) is 5.77. The molecule has 9 nitrogen and oxygen atoms in total. The fraction of sp³-hybridized carbons (Fsp3) is 0.556. The van der Waals surface area contributed by atoms with Crippen molar-refractivity contribution in [1.29, 1.82) is 0 Å². The van der Waals surface area contributed by atoms with Crippen molar-refractivity contribution in [3.63, 3.8) is 0 Å². The summed E-state index contributed by atoms with van der Waals surface area (Å²) in [5, 5.41) is 20.1. The molecule has 1 saturated carbocycles. The van der Waals surface area contributed by atoms with E-state index in [0.29, 0.717) is 23.4 Å². The maximum absolute atomic E-state index is 12.5. The van der Waals surface area contributed by atoms with E-state index < -0.39 is 12.1 Å². The standard InChI is InChI=1S/C18H24BrN5O4/c1-9(2)14(24-17(27)28)16(26)20-8-18-6-10(21-11(18)7-18)15(25)23-13-5-3-4-12(19)22-13/h3-5,9-11,14,21,24H,6-8H2,1-2H3,(H,20,26)(H,27,28)(H,22,23,25)/t10-,11?,14-,18?/m0/s1. The number of carbonyl (C=O) groups excluding carboxylic acids is 2. The first kappa shape index (κ1) is 20.5. The van der Waals surface area contributed by atoms with Crippen molar-refractivity contribution >= 4 is 39.7 Å². The molecule has 28 heavy (non-hydrogen) atoms. The average Bonchev–Trinajstić information content (AvgIpc) is 3.17.